The highest BCUT2D eigenvalue weighted by molar-refractivity contribution is 7.88. The van der Waals surface area contributed by atoms with Gasteiger partial charge in [-0.3, -0.25) is 9.89 Å². The molecule has 8 heteroatoms. The first kappa shape index (κ1) is 19.4. The van der Waals surface area contributed by atoms with Gasteiger partial charge in [-0.25, -0.2) is 12.7 Å². The molecule has 2 aliphatic rings. The topological polar surface area (TPSA) is 86.4 Å². The van der Waals surface area contributed by atoms with Crippen LogP contribution in [0.25, 0.3) is 0 Å². The fraction of sp³-hybridized carbons (Fsp3) is 0.778. The molecule has 2 fully saturated rings. The van der Waals surface area contributed by atoms with Gasteiger partial charge in [-0.05, 0) is 56.9 Å². The van der Waals surface area contributed by atoms with E-state index < -0.39 is 10.0 Å². The molecule has 0 saturated carbocycles. The zero-order valence-corrected chi connectivity index (χ0v) is 16.8. The van der Waals surface area contributed by atoms with E-state index in [1.807, 2.05) is 18.7 Å². The molecule has 1 unspecified atom stereocenters. The number of aromatic amines is 1. The number of hydrogen-bond acceptors (Lipinski definition) is 4. The molecule has 1 amide bonds. The van der Waals surface area contributed by atoms with Gasteiger partial charge in [-0.2, -0.15) is 5.10 Å². The van der Waals surface area contributed by atoms with E-state index in [0.29, 0.717) is 31.3 Å². The van der Waals surface area contributed by atoms with Crippen LogP contribution in [-0.4, -0.2) is 66.2 Å². The number of nitrogens with one attached hydrogen (secondary N) is 1. The summed E-state index contributed by atoms with van der Waals surface area (Å²) in [6.45, 7) is 6.86. The standard InChI is InChI=1S/C18H30N4O3S/c1-13-17(14(2)20-19-13)4-5-18(23)21-9-6-16(12-21)15-7-10-22(11-8-15)26(3,24)25/h15-16H,4-12H2,1-3H3,(H,19,20). The summed E-state index contributed by atoms with van der Waals surface area (Å²) in [4.78, 5) is 14.6. The Balaban J connectivity index is 1.47. The molecule has 0 aliphatic carbocycles. The van der Waals surface area contributed by atoms with Crippen LogP contribution in [0.2, 0.25) is 0 Å². The van der Waals surface area contributed by atoms with Gasteiger partial charge in [0.25, 0.3) is 0 Å². The van der Waals surface area contributed by atoms with Crippen molar-refractivity contribution < 1.29 is 13.2 Å². The third-order valence-electron chi connectivity index (χ3n) is 6.08. The van der Waals surface area contributed by atoms with Crippen molar-refractivity contribution in [2.45, 2.75) is 46.0 Å². The number of nitrogens with zero attached hydrogens (tertiary/aromatic N) is 3. The van der Waals surface area contributed by atoms with Crippen LogP contribution in [0.5, 0.6) is 0 Å². The van der Waals surface area contributed by atoms with Gasteiger partial charge in [0.2, 0.25) is 15.9 Å². The molecular weight excluding hydrogens is 352 g/mol. The van der Waals surface area contributed by atoms with Crippen molar-refractivity contribution in [2.24, 2.45) is 11.8 Å². The lowest BCUT2D eigenvalue weighted by Crippen LogP contribution is -2.40. The van der Waals surface area contributed by atoms with Gasteiger partial charge >= 0.3 is 0 Å². The van der Waals surface area contributed by atoms with E-state index in [2.05, 4.69) is 10.2 Å². The van der Waals surface area contributed by atoms with Gasteiger partial charge in [0.15, 0.2) is 0 Å². The third kappa shape index (κ3) is 4.28. The zero-order valence-electron chi connectivity index (χ0n) is 16.0. The molecule has 0 bridgehead atoms. The van der Waals surface area contributed by atoms with E-state index in [1.165, 1.54) is 6.26 Å². The van der Waals surface area contributed by atoms with Crippen molar-refractivity contribution >= 4 is 15.9 Å². The number of likely N-dealkylation sites (tertiary alicyclic amines) is 1. The summed E-state index contributed by atoms with van der Waals surface area (Å²) in [6.07, 6.45) is 5.41. The fourth-order valence-electron chi connectivity index (χ4n) is 4.41. The smallest absolute Gasteiger partial charge is 0.222 e. The Labute approximate surface area is 156 Å². The van der Waals surface area contributed by atoms with Crippen LogP contribution >= 0.6 is 0 Å². The summed E-state index contributed by atoms with van der Waals surface area (Å²) in [5.41, 5.74) is 3.18. The van der Waals surface area contributed by atoms with Crippen molar-refractivity contribution in [1.82, 2.24) is 19.4 Å². The molecule has 0 aromatic carbocycles. The van der Waals surface area contributed by atoms with E-state index in [4.69, 9.17) is 0 Å². The summed E-state index contributed by atoms with van der Waals surface area (Å²) < 4.78 is 24.9. The third-order valence-corrected chi connectivity index (χ3v) is 7.38. The normalized spacial score (nSPS) is 22.9. The molecule has 0 radical (unpaired) electrons. The molecule has 146 valence electrons. The molecule has 7 nitrogen and oxygen atoms in total. The largest absolute Gasteiger partial charge is 0.342 e. The number of aryl methyl sites for hydroxylation is 2. The number of amides is 1. The molecule has 2 saturated heterocycles. The Kier molecular flexibility index (Phi) is 5.72. The summed E-state index contributed by atoms with van der Waals surface area (Å²) in [6, 6.07) is 0. The van der Waals surface area contributed by atoms with Crippen LogP contribution < -0.4 is 0 Å². The molecule has 3 rings (SSSR count). The molecule has 2 aliphatic heterocycles. The molecule has 1 aromatic rings. The van der Waals surface area contributed by atoms with Gasteiger partial charge in [0.05, 0.1) is 11.9 Å². The van der Waals surface area contributed by atoms with Gasteiger partial charge in [0.1, 0.15) is 0 Å². The van der Waals surface area contributed by atoms with E-state index in [1.54, 1.807) is 4.31 Å². The van der Waals surface area contributed by atoms with Crippen molar-refractivity contribution in [2.75, 3.05) is 32.4 Å². The number of carbonyl (C=O) groups excluding carboxylic acids is 1. The highest BCUT2D eigenvalue weighted by atomic mass is 32.2. The Hall–Kier alpha value is -1.41. The molecule has 26 heavy (non-hydrogen) atoms. The summed E-state index contributed by atoms with van der Waals surface area (Å²) in [5, 5.41) is 7.16. The monoisotopic (exact) mass is 382 g/mol. The second-order valence-electron chi connectivity index (χ2n) is 7.80. The highest BCUT2D eigenvalue weighted by Crippen LogP contribution is 2.32. The lowest BCUT2D eigenvalue weighted by atomic mass is 9.84. The molecule has 1 aromatic heterocycles. The minimum absolute atomic E-state index is 0.223. The van der Waals surface area contributed by atoms with Crippen molar-refractivity contribution in [3.63, 3.8) is 0 Å². The van der Waals surface area contributed by atoms with Crippen molar-refractivity contribution in [1.29, 1.82) is 0 Å². The minimum atomic E-state index is -3.07. The van der Waals surface area contributed by atoms with Crippen molar-refractivity contribution in [3.8, 4) is 0 Å². The van der Waals surface area contributed by atoms with Gasteiger partial charge in [-0.15, -0.1) is 0 Å². The van der Waals surface area contributed by atoms with Crippen LogP contribution in [0, 0.1) is 25.7 Å². The van der Waals surface area contributed by atoms with E-state index in [0.717, 1.165) is 55.7 Å². The molecule has 3 heterocycles. The Morgan fingerprint density at radius 3 is 2.38 bits per heavy atom. The lowest BCUT2D eigenvalue weighted by molar-refractivity contribution is -0.130. The number of rotatable bonds is 5. The summed E-state index contributed by atoms with van der Waals surface area (Å²) >= 11 is 0. The number of piperidine rings is 1. The van der Waals surface area contributed by atoms with Crippen LogP contribution in [0.15, 0.2) is 0 Å². The van der Waals surface area contributed by atoms with Crippen molar-refractivity contribution in [3.05, 3.63) is 17.0 Å². The summed E-state index contributed by atoms with van der Waals surface area (Å²) in [7, 11) is -3.07. The Morgan fingerprint density at radius 2 is 1.81 bits per heavy atom. The summed E-state index contributed by atoms with van der Waals surface area (Å²) in [5.74, 6) is 1.27. The molecular formula is C18H30N4O3S. The average Bonchev–Trinajstić information content (AvgIpc) is 3.20. The predicted molar refractivity (Wildman–Crippen MR) is 100 cm³/mol. The SMILES string of the molecule is Cc1n[nH]c(C)c1CCC(=O)N1CCC(C2CCN(S(C)(=O)=O)CC2)C1. The number of H-pyrrole nitrogens is 1. The maximum atomic E-state index is 12.6. The quantitative estimate of drug-likeness (QED) is 0.836. The lowest BCUT2D eigenvalue weighted by Gasteiger charge is -2.33. The number of aromatic nitrogens is 2. The van der Waals surface area contributed by atoms with E-state index in [9.17, 15) is 13.2 Å². The molecule has 1 atom stereocenters. The van der Waals surface area contributed by atoms with Gasteiger partial charge in [0, 0.05) is 38.3 Å². The van der Waals surface area contributed by atoms with Crippen LogP contribution in [-0.2, 0) is 21.2 Å². The van der Waals surface area contributed by atoms with E-state index in [-0.39, 0.29) is 5.91 Å². The molecule has 1 N–H and O–H groups in total. The number of carbonyl (C=O) groups is 1. The van der Waals surface area contributed by atoms with Gasteiger partial charge < -0.3 is 4.90 Å². The second kappa shape index (κ2) is 7.68. The predicted octanol–water partition coefficient (Wildman–Crippen LogP) is 1.48. The van der Waals surface area contributed by atoms with E-state index >= 15 is 0 Å². The second-order valence-corrected chi connectivity index (χ2v) is 9.78. The maximum absolute atomic E-state index is 12.6. The minimum Gasteiger partial charge on any atom is -0.342 e. The van der Waals surface area contributed by atoms with Crippen LogP contribution in [0.4, 0.5) is 0 Å². The highest BCUT2D eigenvalue weighted by Gasteiger charge is 2.35. The molecule has 0 spiro atoms. The van der Waals surface area contributed by atoms with Crippen LogP contribution in [0.3, 0.4) is 0 Å². The first-order valence-corrected chi connectivity index (χ1v) is 11.3. The van der Waals surface area contributed by atoms with Crippen LogP contribution in [0.1, 0.15) is 42.6 Å². The first-order valence-electron chi connectivity index (χ1n) is 9.49. The first-order chi connectivity index (χ1) is 12.3. The zero-order chi connectivity index (χ0) is 18.9. The fourth-order valence-corrected chi connectivity index (χ4v) is 5.28. The Bertz CT molecular complexity index is 731. The maximum Gasteiger partial charge on any atom is 0.222 e. The Morgan fingerprint density at radius 1 is 1.15 bits per heavy atom. The van der Waals surface area contributed by atoms with Gasteiger partial charge in [-0.1, -0.05) is 0 Å². The number of hydrogen-bond donors (Lipinski definition) is 1. The average molecular weight is 383 g/mol. The number of sulfonamides is 1.